The van der Waals surface area contributed by atoms with E-state index >= 15 is 0 Å². The van der Waals surface area contributed by atoms with Crippen molar-refractivity contribution in [2.75, 3.05) is 11.9 Å². The number of nitrogens with zero attached hydrogens (tertiary/aromatic N) is 2. The molecule has 1 aliphatic rings. The van der Waals surface area contributed by atoms with Gasteiger partial charge in [-0.05, 0) is 87.8 Å². The van der Waals surface area contributed by atoms with Gasteiger partial charge in [0.1, 0.15) is 28.4 Å². The summed E-state index contributed by atoms with van der Waals surface area (Å²) in [4.78, 5) is 42.5. The highest BCUT2D eigenvalue weighted by Gasteiger charge is 2.52. The maximum Gasteiger partial charge on any atom is 0.354 e. The van der Waals surface area contributed by atoms with Gasteiger partial charge in [0.25, 0.3) is 18.8 Å². The Morgan fingerprint density at radius 3 is 2.32 bits per heavy atom. The van der Waals surface area contributed by atoms with E-state index in [-0.39, 0.29) is 29.2 Å². The molecule has 1 amide bonds. The van der Waals surface area contributed by atoms with Crippen LogP contribution in [0, 0.1) is 5.82 Å². The smallest absolute Gasteiger partial charge is 0.354 e. The Bertz CT molecular complexity index is 1280. The van der Waals surface area contributed by atoms with Crippen LogP contribution in [0.15, 0.2) is 46.0 Å². The van der Waals surface area contributed by atoms with E-state index in [1.807, 2.05) is 20.8 Å². The number of carbonyl (C=O) groups is 3. The van der Waals surface area contributed by atoms with Gasteiger partial charge in [0.2, 0.25) is 0 Å². The number of anilines is 1. The molecular weight excluding hydrogens is 611 g/mol. The van der Waals surface area contributed by atoms with Gasteiger partial charge in [0, 0.05) is 28.5 Å². The number of carbonyl (C=O) groups excluding carboxylic acids is 3. The molecule has 0 fully saturated rings. The highest BCUT2D eigenvalue weighted by Crippen LogP contribution is 2.39. The number of esters is 1. The first-order chi connectivity index (χ1) is 18.9. The molecule has 0 bridgehead atoms. The molecule has 2 heterocycles. The van der Waals surface area contributed by atoms with Crippen LogP contribution in [0.2, 0.25) is 0 Å². The summed E-state index contributed by atoms with van der Waals surface area (Å²) in [5, 5.41) is 5.08. The summed E-state index contributed by atoms with van der Waals surface area (Å²) in [7, 11) is 0. The second-order valence-electron chi connectivity index (χ2n) is 10.9. The lowest BCUT2D eigenvalue weighted by molar-refractivity contribution is -0.146. The average molecular weight is 644 g/mol. The van der Waals surface area contributed by atoms with Gasteiger partial charge in [-0.2, -0.15) is 0 Å². The van der Waals surface area contributed by atoms with Gasteiger partial charge >= 0.3 is 5.97 Å². The number of nitrogens with two attached hydrogens (primary N) is 1. The molecular formula is C27H33BrF3N5O5. The number of aliphatic imine (C=N–C) groups is 1. The molecule has 41 heavy (non-hydrogen) atoms. The Labute approximate surface area is 244 Å². The Morgan fingerprint density at radius 2 is 1.83 bits per heavy atom. The van der Waals surface area contributed by atoms with Gasteiger partial charge in [0.15, 0.2) is 5.54 Å². The normalized spacial score (nSPS) is 18.9. The number of hydrogen-bond donors (Lipinski definition) is 3. The number of halogens is 4. The van der Waals surface area contributed by atoms with Crippen molar-refractivity contribution in [3.8, 4) is 0 Å². The topological polar surface area (TPSA) is 145 Å². The summed E-state index contributed by atoms with van der Waals surface area (Å²) in [5.74, 6) is -2.60. The minimum absolute atomic E-state index is 0.0120. The van der Waals surface area contributed by atoms with E-state index in [0.29, 0.717) is 10.9 Å². The molecule has 2 aromatic rings. The van der Waals surface area contributed by atoms with Crippen LogP contribution in [-0.4, -0.2) is 59.4 Å². The number of alkyl halides is 2. The lowest BCUT2D eigenvalue weighted by Crippen LogP contribution is -2.62. The summed E-state index contributed by atoms with van der Waals surface area (Å²) in [6.45, 7) is 10.5. The van der Waals surface area contributed by atoms with Gasteiger partial charge in [0.05, 0.1) is 6.17 Å². The van der Waals surface area contributed by atoms with E-state index in [2.05, 4.69) is 41.3 Å². The molecule has 3 rings (SSSR count). The van der Waals surface area contributed by atoms with Gasteiger partial charge < -0.3 is 20.5 Å². The zero-order chi connectivity index (χ0) is 31.2. The zero-order valence-electron chi connectivity index (χ0n) is 23.4. The Hall–Kier alpha value is -3.36. The molecule has 14 heteroatoms. The average Bonchev–Trinajstić information content (AvgIpc) is 2.84. The van der Waals surface area contributed by atoms with Crippen LogP contribution < -0.4 is 16.4 Å². The summed E-state index contributed by atoms with van der Waals surface area (Å²) in [5.41, 5.74) is 1.20. The first kappa shape index (κ1) is 33.8. The molecule has 10 nitrogen and oxygen atoms in total. The molecule has 2 unspecified atom stereocenters. The molecule has 0 aliphatic carbocycles. The van der Waals surface area contributed by atoms with Crippen molar-refractivity contribution < 1.29 is 37.0 Å². The van der Waals surface area contributed by atoms with Crippen molar-refractivity contribution in [3.05, 3.63) is 58.1 Å². The molecule has 0 saturated carbocycles. The van der Waals surface area contributed by atoms with Crippen molar-refractivity contribution in [1.82, 2.24) is 10.3 Å². The van der Waals surface area contributed by atoms with E-state index in [9.17, 15) is 27.6 Å². The number of nitrogens with one attached hydrogen (secondary N) is 2. The summed E-state index contributed by atoms with van der Waals surface area (Å²) in [6, 6.07) is 6.18. The van der Waals surface area contributed by atoms with Crippen LogP contribution in [-0.2, 0) is 24.6 Å². The number of pyridine rings is 1. The molecule has 0 saturated heterocycles. The fourth-order valence-electron chi connectivity index (χ4n) is 3.44. The summed E-state index contributed by atoms with van der Waals surface area (Å²) in [6.07, 6.45) is -3.43. The number of aromatic nitrogens is 1. The molecule has 0 radical (unpaired) electrons. The lowest BCUT2D eigenvalue weighted by Gasteiger charge is -2.39. The van der Waals surface area contributed by atoms with Gasteiger partial charge in [-0.1, -0.05) is 0 Å². The van der Waals surface area contributed by atoms with Crippen LogP contribution in [0.1, 0.15) is 57.6 Å². The van der Waals surface area contributed by atoms with Gasteiger partial charge in [-0.25, -0.2) is 22.9 Å². The maximum absolute atomic E-state index is 14.9. The van der Waals surface area contributed by atoms with Crippen molar-refractivity contribution >= 4 is 45.7 Å². The number of hydrogen-bond acceptors (Lipinski definition) is 9. The standard InChI is InChI=1S/C22H23BrF3N5O3.C5H10O2/c1-21(2,3)34-18(33)16-10-29-20(27)22(31-16,19(25)26)13-8-12(5-6-14(13)24)30-17(32)15-7-4-11(23)9-28-15;1-5(2,3)7-4-6/h4-9,19-20,29H,10,27H2,1-3H3,(H,30,32);4H,1-3H3. The number of ether oxygens (including phenoxy) is 2. The summed E-state index contributed by atoms with van der Waals surface area (Å²) >= 11 is 3.21. The number of benzene rings is 1. The largest absolute Gasteiger partial charge is 0.462 e. The number of amides is 1. The predicted octanol–water partition coefficient (Wildman–Crippen LogP) is 4.32. The molecule has 4 N–H and O–H groups in total. The van der Waals surface area contributed by atoms with E-state index in [0.717, 1.165) is 12.1 Å². The predicted molar refractivity (Wildman–Crippen MR) is 150 cm³/mol. The zero-order valence-corrected chi connectivity index (χ0v) is 25.0. The Balaban J connectivity index is 0.000000745. The Kier molecular flexibility index (Phi) is 11.2. The third-order valence-electron chi connectivity index (χ3n) is 5.27. The van der Waals surface area contributed by atoms with Crippen molar-refractivity contribution in [2.24, 2.45) is 10.7 Å². The highest BCUT2D eigenvalue weighted by atomic mass is 79.9. The van der Waals surface area contributed by atoms with Gasteiger partial charge in [-0.15, -0.1) is 0 Å². The first-order valence-electron chi connectivity index (χ1n) is 12.3. The van der Waals surface area contributed by atoms with Crippen LogP contribution in [0.5, 0.6) is 0 Å². The third kappa shape index (κ3) is 9.33. The van der Waals surface area contributed by atoms with E-state index in [1.165, 1.54) is 18.3 Å². The number of rotatable bonds is 6. The van der Waals surface area contributed by atoms with Crippen LogP contribution in [0.4, 0.5) is 18.9 Å². The fraction of sp³-hybridized carbons (Fsp3) is 0.444. The summed E-state index contributed by atoms with van der Waals surface area (Å²) < 4.78 is 54.4. The first-order valence-corrected chi connectivity index (χ1v) is 13.1. The quantitative estimate of drug-likeness (QED) is 0.312. The van der Waals surface area contributed by atoms with E-state index < -0.39 is 47.0 Å². The second-order valence-corrected chi connectivity index (χ2v) is 11.8. The molecule has 224 valence electrons. The minimum Gasteiger partial charge on any atom is -0.462 e. The van der Waals surface area contributed by atoms with E-state index in [4.69, 9.17) is 10.5 Å². The highest BCUT2D eigenvalue weighted by molar-refractivity contribution is 9.10. The van der Waals surface area contributed by atoms with Gasteiger partial charge in [-0.3, -0.25) is 19.9 Å². The van der Waals surface area contributed by atoms with Crippen LogP contribution >= 0.6 is 15.9 Å². The monoisotopic (exact) mass is 643 g/mol. The Morgan fingerprint density at radius 1 is 1.17 bits per heavy atom. The molecule has 1 aromatic heterocycles. The van der Waals surface area contributed by atoms with Crippen molar-refractivity contribution in [3.63, 3.8) is 0 Å². The molecule has 2 atom stereocenters. The van der Waals surface area contributed by atoms with Crippen LogP contribution in [0.3, 0.4) is 0 Å². The second kappa shape index (κ2) is 13.5. The van der Waals surface area contributed by atoms with E-state index in [1.54, 1.807) is 26.8 Å². The third-order valence-corrected chi connectivity index (χ3v) is 5.74. The minimum atomic E-state index is -3.30. The molecule has 1 aromatic carbocycles. The van der Waals surface area contributed by atoms with Crippen molar-refractivity contribution in [2.45, 2.75) is 70.9 Å². The molecule has 1 aliphatic heterocycles. The van der Waals surface area contributed by atoms with Crippen molar-refractivity contribution in [1.29, 1.82) is 0 Å². The fourth-order valence-corrected chi connectivity index (χ4v) is 3.67. The van der Waals surface area contributed by atoms with Crippen LogP contribution in [0.25, 0.3) is 0 Å². The maximum atomic E-state index is 14.9. The molecule has 0 spiro atoms. The lowest BCUT2D eigenvalue weighted by atomic mass is 9.85. The SMILES string of the molecule is CC(C)(C)OC(=O)C1=NC(c2cc(NC(=O)c3ccc(Br)cn3)ccc2F)(C(F)F)C(N)NC1.CC(C)(C)OC=O.